The van der Waals surface area contributed by atoms with Crippen molar-refractivity contribution < 1.29 is 13.9 Å². The highest BCUT2D eigenvalue weighted by molar-refractivity contribution is 9.10. The summed E-state index contributed by atoms with van der Waals surface area (Å²) in [4.78, 5) is 11.5. The normalized spacial score (nSPS) is 11.4. The van der Waals surface area contributed by atoms with Gasteiger partial charge in [0.05, 0.1) is 6.07 Å². The van der Waals surface area contributed by atoms with E-state index in [1.165, 1.54) is 19.1 Å². The maximum absolute atomic E-state index is 13.4. The standard InChI is InChI=1S/C12H10BrFN2O2/c1-7(16)9(5-15)11(17)6-18-12-3-2-8(13)4-10(12)14/h2-4,9,16H,6H2,1H3. The van der Waals surface area contributed by atoms with E-state index in [-0.39, 0.29) is 11.5 Å². The van der Waals surface area contributed by atoms with Crippen LogP contribution in [-0.4, -0.2) is 18.1 Å². The maximum atomic E-state index is 13.4. The predicted molar refractivity (Wildman–Crippen MR) is 67.1 cm³/mol. The molecule has 0 aliphatic rings. The number of carbonyl (C=O) groups excluding carboxylic acids is 1. The minimum absolute atomic E-state index is 0.0534. The first kappa shape index (κ1) is 14.3. The quantitative estimate of drug-likeness (QED) is 0.849. The Morgan fingerprint density at radius 3 is 2.83 bits per heavy atom. The number of nitrogens with one attached hydrogen (secondary N) is 1. The number of hydrogen-bond acceptors (Lipinski definition) is 4. The van der Waals surface area contributed by atoms with Gasteiger partial charge in [-0.2, -0.15) is 5.26 Å². The molecule has 0 saturated heterocycles. The number of ketones is 1. The Balaban J connectivity index is 2.68. The predicted octanol–water partition coefficient (Wildman–Crippen LogP) is 2.72. The zero-order chi connectivity index (χ0) is 13.7. The Morgan fingerprint density at radius 1 is 1.67 bits per heavy atom. The second kappa shape index (κ2) is 6.26. The van der Waals surface area contributed by atoms with Gasteiger partial charge in [-0.25, -0.2) is 4.39 Å². The second-order valence-electron chi connectivity index (χ2n) is 3.57. The summed E-state index contributed by atoms with van der Waals surface area (Å²) in [5.41, 5.74) is -0.0534. The fraction of sp³-hybridized carbons (Fsp3) is 0.250. The molecule has 94 valence electrons. The summed E-state index contributed by atoms with van der Waals surface area (Å²) in [6.07, 6.45) is 0. The molecule has 1 N–H and O–H groups in total. The SMILES string of the molecule is CC(=N)C(C#N)C(=O)COc1ccc(Br)cc1F. The van der Waals surface area contributed by atoms with Crippen LogP contribution in [-0.2, 0) is 4.79 Å². The van der Waals surface area contributed by atoms with Crippen LogP contribution in [0.1, 0.15) is 6.92 Å². The van der Waals surface area contributed by atoms with Gasteiger partial charge in [0.2, 0.25) is 0 Å². The third kappa shape index (κ3) is 3.64. The Hall–Kier alpha value is -1.74. The highest BCUT2D eigenvalue weighted by Crippen LogP contribution is 2.21. The van der Waals surface area contributed by atoms with Crippen molar-refractivity contribution in [3.05, 3.63) is 28.5 Å². The van der Waals surface area contributed by atoms with Crippen molar-refractivity contribution in [2.45, 2.75) is 6.92 Å². The first-order valence-electron chi connectivity index (χ1n) is 5.01. The van der Waals surface area contributed by atoms with Gasteiger partial charge < -0.3 is 10.1 Å². The number of hydrogen-bond donors (Lipinski definition) is 1. The van der Waals surface area contributed by atoms with Crippen molar-refractivity contribution >= 4 is 27.4 Å². The number of benzene rings is 1. The summed E-state index contributed by atoms with van der Waals surface area (Å²) in [5, 5.41) is 16.0. The third-order valence-corrected chi connectivity index (χ3v) is 2.64. The van der Waals surface area contributed by atoms with Crippen LogP contribution in [0.2, 0.25) is 0 Å². The molecular weight excluding hydrogens is 303 g/mol. The monoisotopic (exact) mass is 312 g/mol. The van der Waals surface area contributed by atoms with Crippen molar-refractivity contribution in [2.24, 2.45) is 5.92 Å². The lowest BCUT2D eigenvalue weighted by Gasteiger charge is -2.09. The average Bonchev–Trinajstić information content (AvgIpc) is 2.28. The molecule has 1 rings (SSSR count). The van der Waals surface area contributed by atoms with Gasteiger partial charge in [0.15, 0.2) is 17.3 Å². The van der Waals surface area contributed by atoms with Gasteiger partial charge in [-0.15, -0.1) is 0 Å². The molecule has 0 aliphatic carbocycles. The molecule has 0 bridgehead atoms. The molecule has 0 radical (unpaired) electrons. The van der Waals surface area contributed by atoms with Crippen LogP contribution in [0.25, 0.3) is 0 Å². The van der Waals surface area contributed by atoms with Crippen molar-refractivity contribution in [3.8, 4) is 11.8 Å². The zero-order valence-corrected chi connectivity index (χ0v) is 11.1. The number of carbonyl (C=O) groups is 1. The van der Waals surface area contributed by atoms with Gasteiger partial charge in [-0.05, 0) is 25.1 Å². The van der Waals surface area contributed by atoms with Crippen molar-refractivity contribution in [3.63, 3.8) is 0 Å². The molecule has 1 aromatic rings. The molecule has 6 heteroatoms. The highest BCUT2D eigenvalue weighted by atomic mass is 79.9. The summed E-state index contributed by atoms with van der Waals surface area (Å²) in [6.45, 7) is 0.930. The van der Waals surface area contributed by atoms with Crippen LogP contribution < -0.4 is 4.74 Å². The van der Waals surface area contributed by atoms with Gasteiger partial charge in [-0.3, -0.25) is 4.79 Å². The smallest absolute Gasteiger partial charge is 0.192 e. The Bertz CT molecular complexity index is 525. The third-order valence-electron chi connectivity index (χ3n) is 2.15. The number of nitrogens with zero attached hydrogens (tertiary/aromatic N) is 1. The van der Waals surface area contributed by atoms with E-state index in [1.807, 2.05) is 0 Å². The molecule has 0 spiro atoms. The molecule has 4 nitrogen and oxygen atoms in total. The van der Waals surface area contributed by atoms with Gasteiger partial charge in [-0.1, -0.05) is 15.9 Å². The van der Waals surface area contributed by atoms with Crippen LogP contribution in [0.4, 0.5) is 4.39 Å². The summed E-state index contributed by atoms with van der Waals surface area (Å²) in [5.74, 6) is -2.36. The first-order chi connectivity index (χ1) is 8.45. The summed E-state index contributed by atoms with van der Waals surface area (Å²) in [6, 6.07) is 5.87. The van der Waals surface area contributed by atoms with Crippen LogP contribution in [0.3, 0.4) is 0 Å². The lowest BCUT2D eigenvalue weighted by molar-refractivity contribution is -0.121. The van der Waals surface area contributed by atoms with E-state index in [4.69, 9.17) is 15.4 Å². The minimum Gasteiger partial charge on any atom is -0.483 e. The Labute approximate surface area is 112 Å². The van der Waals surface area contributed by atoms with Crippen LogP contribution in [0, 0.1) is 28.5 Å². The molecule has 0 amide bonds. The number of Topliss-reactive ketones (excluding diaryl/α,β-unsaturated/α-hetero) is 1. The zero-order valence-electron chi connectivity index (χ0n) is 9.54. The average molecular weight is 313 g/mol. The van der Waals surface area contributed by atoms with E-state index in [2.05, 4.69) is 15.9 Å². The molecule has 1 aromatic carbocycles. The highest BCUT2D eigenvalue weighted by Gasteiger charge is 2.20. The number of nitriles is 1. The molecule has 18 heavy (non-hydrogen) atoms. The van der Waals surface area contributed by atoms with E-state index in [9.17, 15) is 9.18 Å². The van der Waals surface area contributed by atoms with Crippen molar-refractivity contribution in [2.75, 3.05) is 6.61 Å². The van der Waals surface area contributed by atoms with Crippen LogP contribution >= 0.6 is 15.9 Å². The Morgan fingerprint density at radius 2 is 2.33 bits per heavy atom. The van der Waals surface area contributed by atoms with E-state index >= 15 is 0 Å². The maximum Gasteiger partial charge on any atom is 0.192 e. The molecule has 0 saturated carbocycles. The number of ether oxygens (including phenoxy) is 1. The topological polar surface area (TPSA) is 73.9 Å². The van der Waals surface area contributed by atoms with Gasteiger partial charge in [0.1, 0.15) is 12.5 Å². The molecule has 0 aliphatic heterocycles. The van der Waals surface area contributed by atoms with Crippen LogP contribution in [0.15, 0.2) is 22.7 Å². The van der Waals surface area contributed by atoms with Gasteiger partial charge >= 0.3 is 0 Å². The summed E-state index contributed by atoms with van der Waals surface area (Å²) in [7, 11) is 0. The second-order valence-corrected chi connectivity index (χ2v) is 4.49. The summed E-state index contributed by atoms with van der Waals surface area (Å²) >= 11 is 3.10. The molecule has 1 atom stereocenters. The van der Waals surface area contributed by atoms with Crippen LogP contribution in [0.5, 0.6) is 5.75 Å². The number of halogens is 2. The van der Waals surface area contributed by atoms with Crippen molar-refractivity contribution in [1.82, 2.24) is 0 Å². The molecule has 1 unspecified atom stereocenters. The largest absolute Gasteiger partial charge is 0.483 e. The van der Waals surface area contributed by atoms with Gasteiger partial charge in [0.25, 0.3) is 0 Å². The van der Waals surface area contributed by atoms with Gasteiger partial charge in [0, 0.05) is 10.2 Å². The summed E-state index contributed by atoms with van der Waals surface area (Å²) < 4.78 is 18.9. The number of rotatable bonds is 5. The van der Waals surface area contributed by atoms with Crippen molar-refractivity contribution in [1.29, 1.82) is 10.7 Å². The molecular formula is C12H10BrFN2O2. The fourth-order valence-electron chi connectivity index (χ4n) is 1.23. The van der Waals surface area contributed by atoms with E-state index in [0.29, 0.717) is 4.47 Å². The molecule has 0 aromatic heterocycles. The Kier molecular flexibility index (Phi) is 4.98. The fourth-order valence-corrected chi connectivity index (χ4v) is 1.57. The molecule has 0 heterocycles. The minimum atomic E-state index is -1.14. The van der Waals surface area contributed by atoms with E-state index < -0.39 is 24.1 Å². The van der Waals surface area contributed by atoms with E-state index in [0.717, 1.165) is 0 Å². The van der Waals surface area contributed by atoms with E-state index in [1.54, 1.807) is 12.1 Å². The molecule has 0 fully saturated rings. The lowest BCUT2D eigenvalue weighted by Crippen LogP contribution is -2.25. The lowest BCUT2D eigenvalue weighted by atomic mass is 10.0. The first-order valence-corrected chi connectivity index (χ1v) is 5.80.